The Morgan fingerprint density at radius 2 is 1.91 bits per heavy atom. The molecule has 0 unspecified atom stereocenters. The number of unbranched alkanes of at least 4 members (excludes halogenated alkanes) is 1. The number of hydrogen-bond donors (Lipinski definition) is 2. The zero-order chi connectivity index (χ0) is 22.8. The first-order valence-electron chi connectivity index (χ1n) is 10.8. The summed E-state index contributed by atoms with van der Waals surface area (Å²) in [6, 6.07) is 17.0. The van der Waals surface area contributed by atoms with Gasteiger partial charge >= 0.3 is 0 Å². The molecule has 8 heteroatoms. The van der Waals surface area contributed by atoms with Gasteiger partial charge < -0.3 is 15.4 Å². The van der Waals surface area contributed by atoms with E-state index in [1.54, 1.807) is 24.3 Å². The van der Waals surface area contributed by atoms with Gasteiger partial charge in [0.05, 0.1) is 12.3 Å². The van der Waals surface area contributed by atoms with Crippen LogP contribution in [0.5, 0.6) is 5.75 Å². The van der Waals surface area contributed by atoms with Crippen molar-refractivity contribution in [1.29, 1.82) is 0 Å². The van der Waals surface area contributed by atoms with Crippen LogP contribution in [-0.2, 0) is 9.59 Å². The molecule has 1 fully saturated rings. The number of nitrogens with one attached hydrogen (secondary N) is 2. The molecule has 2 amide bonds. The number of anilines is 1. The van der Waals surface area contributed by atoms with Gasteiger partial charge in [-0.25, -0.2) is 0 Å². The lowest BCUT2D eigenvalue weighted by atomic mass is 10.1. The maximum absolute atomic E-state index is 12.7. The molecule has 0 saturated carbocycles. The number of rotatable bonds is 9. The van der Waals surface area contributed by atoms with Gasteiger partial charge in [-0.05, 0) is 49.6 Å². The summed E-state index contributed by atoms with van der Waals surface area (Å²) in [5.41, 5.74) is 2.51. The van der Waals surface area contributed by atoms with E-state index >= 15 is 0 Å². The monoisotopic (exact) mass is 452 g/mol. The third kappa shape index (κ3) is 6.95. The summed E-state index contributed by atoms with van der Waals surface area (Å²) in [6.45, 7) is 4.62. The molecule has 0 spiro atoms. The second-order valence-electron chi connectivity index (χ2n) is 7.23. The Kier molecular flexibility index (Phi) is 8.86. The topological polar surface area (TPSA) is 92.2 Å². The summed E-state index contributed by atoms with van der Waals surface area (Å²) in [6.07, 6.45) is 2.90. The van der Waals surface area contributed by atoms with Gasteiger partial charge in [-0.15, -0.1) is 5.10 Å². The lowest BCUT2D eigenvalue weighted by Crippen LogP contribution is -2.41. The molecule has 1 heterocycles. The average Bonchev–Trinajstić information content (AvgIpc) is 2.81. The highest BCUT2D eigenvalue weighted by atomic mass is 32.2. The molecule has 0 aromatic heterocycles. The van der Waals surface area contributed by atoms with E-state index in [1.807, 2.05) is 37.3 Å². The van der Waals surface area contributed by atoms with Crippen molar-refractivity contribution in [3.8, 4) is 5.75 Å². The van der Waals surface area contributed by atoms with Crippen LogP contribution in [0.4, 0.5) is 5.69 Å². The van der Waals surface area contributed by atoms with Crippen LogP contribution in [0.1, 0.15) is 45.1 Å². The van der Waals surface area contributed by atoms with Gasteiger partial charge in [0.25, 0.3) is 0 Å². The van der Waals surface area contributed by atoms with Crippen molar-refractivity contribution in [2.24, 2.45) is 10.2 Å². The highest BCUT2D eigenvalue weighted by Gasteiger charge is 2.30. The number of amidine groups is 1. The highest BCUT2D eigenvalue weighted by molar-refractivity contribution is 8.15. The first-order valence-corrected chi connectivity index (χ1v) is 11.7. The van der Waals surface area contributed by atoms with E-state index in [0.717, 1.165) is 36.3 Å². The van der Waals surface area contributed by atoms with Crippen molar-refractivity contribution in [2.75, 3.05) is 11.9 Å². The fourth-order valence-electron chi connectivity index (χ4n) is 3.10. The van der Waals surface area contributed by atoms with Gasteiger partial charge in [-0.1, -0.05) is 55.4 Å². The van der Waals surface area contributed by atoms with Crippen LogP contribution >= 0.6 is 11.8 Å². The molecule has 1 atom stereocenters. The molecular weight excluding hydrogens is 424 g/mol. The first kappa shape index (κ1) is 23.5. The fourth-order valence-corrected chi connectivity index (χ4v) is 4.03. The van der Waals surface area contributed by atoms with Crippen molar-refractivity contribution in [2.45, 2.75) is 44.8 Å². The molecule has 2 aromatic rings. The standard InChI is InChI=1S/C24H28N4O3S/c1-3-5-11-20(17-9-7-6-8-10-17)27-28-24-26-22(29)16-21(32-24)23(30)25-18-12-14-19(15-13-18)31-4-2/h6-10,12-15,21H,3-5,11,16H2,1-2H3,(H,25,30)(H,26,28,29)/b27-20+/t21-/m0/s1. The van der Waals surface area contributed by atoms with E-state index in [1.165, 1.54) is 11.8 Å². The van der Waals surface area contributed by atoms with Crippen molar-refractivity contribution in [3.63, 3.8) is 0 Å². The molecule has 2 aromatic carbocycles. The normalized spacial score (nSPS) is 17.7. The maximum atomic E-state index is 12.7. The van der Waals surface area contributed by atoms with Gasteiger partial charge in [-0.2, -0.15) is 5.10 Å². The van der Waals surface area contributed by atoms with Crippen LogP contribution in [0.25, 0.3) is 0 Å². The number of nitrogens with zero attached hydrogens (tertiary/aromatic N) is 2. The van der Waals surface area contributed by atoms with E-state index < -0.39 is 5.25 Å². The maximum Gasteiger partial charge on any atom is 0.238 e. The van der Waals surface area contributed by atoms with Gasteiger partial charge in [0.15, 0.2) is 5.17 Å². The lowest BCUT2D eigenvalue weighted by Gasteiger charge is -2.21. The second-order valence-corrected chi connectivity index (χ2v) is 8.42. The summed E-state index contributed by atoms with van der Waals surface area (Å²) in [7, 11) is 0. The Labute approximate surface area is 192 Å². The van der Waals surface area contributed by atoms with Gasteiger partial charge in [0, 0.05) is 12.1 Å². The molecular formula is C24H28N4O3S. The minimum absolute atomic E-state index is 0.0810. The quantitative estimate of drug-likeness (QED) is 0.430. The highest BCUT2D eigenvalue weighted by Crippen LogP contribution is 2.23. The molecule has 1 aliphatic rings. The van der Waals surface area contributed by atoms with E-state index in [4.69, 9.17) is 4.74 Å². The molecule has 3 rings (SSSR count). The molecule has 0 aliphatic carbocycles. The van der Waals surface area contributed by atoms with Crippen molar-refractivity contribution in [1.82, 2.24) is 5.32 Å². The minimum Gasteiger partial charge on any atom is -0.494 e. The number of benzene rings is 2. The van der Waals surface area contributed by atoms with Crippen molar-refractivity contribution >= 4 is 40.1 Å². The predicted molar refractivity (Wildman–Crippen MR) is 130 cm³/mol. The van der Waals surface area contributed by atoms with Crippen molar-refractivity contribution in [3.05, 3.63) is 60.2 Å². The molecule has 168 valence electrons. The van der Waals surface area contributed by atoms with Gasteiger partial charge in [-0.3, -0.25) is 9.59 Å². The van der Waals surface area contributed by atoms with Crippen LogP contribution in [0, 0.1) is 0 Å². The zero-order valence-electron chi connectivity index (χ0n) is 18.3. The molecule has 2 N–H and O–H groups in total. The molecule has 7 nitrogen and oxygen atoms in total. The number of thioether (sulfide) groups is 1. The number of amides is 2. The van der Waals surface area contributed by atoms with E-state index in [0.29, 0.717) is 17.5 Å². The third-order valence-corrected chi connectivity index (χ3v) is 5.80. The van der Waals surface area contributed by atoms with E-state index in [2.05, 4.69) is 27.8 Å². The summed E-state index contributed by atoms with van der Waals surface area (Å²) in [5, 5.41) is 14.0. The molecule has 0 radical (unpaired) electrons. The number of hydrogen-bond acceptors (Lipinski definition) is 6. The number of carbonyl (C=O) groups is 2. The summed E-state index contributed by atoms with van der Waals surface area (Å²) in [4.78, 5) is 24.9. The Morgan fingerprint density at radius 1 is 1.16 bits per heavy atom. The smallest absolute Gasteiger partial charge is 0.238 e. The fraction of sp³-hybridized carbons (Fsp3) is 0.333. The van der Waals surface area contributed by atoms with Crippen LogP contribution < -0.4 is 15.4 Å². The first-order chi connectivity index (χ1) is 15.6. The largest absolute Gasteiger partial charge is 0.494 e. The molecule has 0 bridgehead atoms. The zero-order valence-corrected chi connectivity index (χ0v) is 19.2. The Balaban J connectivity index is 1.70. The minimum atomic E-state index is -0.583. The summed E-state index contributed by atoms with van der Waals surface area (Å²) < 4.78 is 5.41. The second kappa shape index (κ2) is 12.0. The van der Waals surface area contributed by atoms with Gasteiger partial charge in [0.2, 0.25) is 11.8 Å². The summed E-state index contributed by atoms with van der Waals surface area (Å²) >= 11 is 1.21. The van der Waals surface area contributed by atoms with Crippen molar-refractivity contribution < 1.29 is 14.3 Å². The predicted octanol–water partition coefficient (Wildman–Crippen LogP) is 4.60. The third-order valence-electron chi connectivity index (χ3n) is 4.73. The number of ether oxygens (including phenoxy) is 1. The Hall–Kier alpha value is -3.13. The Bertz CT molecular complexity index is 974. The lowest BCUT2D eigenvalue weighted by molar-refractivity contribution is -0.123. The van der Waals surface area contributed by atoms with Crippen LogP contribution in [0.3, 0.4) is 0 Å². The van der Waals surface area contributed by atoms with Gasteiger partial charge in [0.1, 0.15) is 11.0 Å². The number of carbonyl (C=O) groups excluding carboxylic acids is 2. The molecule has 1 aliphatic heterocycles. The van der Waals surface area contributed by atoms with Crippen LogP contribution in [0.2, 0.25) is 0 Å². The average molecular weight is 453 g/mol. The van der Waals surface area contributed by atoms with Crippen LogP contribution in [-0.4, -0.2) is 34.6 Å². The van der Waals surface area contributed by atoms with E-state index in [9.17, 15) is 9.59 Å². The Morgan fingerprint density at radius 3 is 2.59 bits per heavy atom. The van der Waals surface area contributed by atoms with Crippen LogP contribution in [0.15, 0.2) is 64.8 Å². The summed E-state index contributed by atoms with van der Waals surface area (Å²) in [5.74, 6) is 0.237. The molecule has 32 heavy (non-hydrogen) atoms. The molecule has 1 saturated heterocycles. The van der Waals surface area contributed by atoms with E-state index in [-0.39, 0.29) is 18.2 Å². The SMILES string of the molecule is CCCC/C(=N\N=C1/NC(=O)C[C@@H](C(=O)Nc2ccc(OCC)cc2)S1)c1ccccc1.